The zero-order valence-corrected chi connectivity index (χ0v) is 11.4. The van der Waals surface area contributed by atoms with Gasteiger partial charge in [-0.05, 0) is 24.5 Å². The van der Waals surface area contributed by atoms with E-state index in [0.717, 1.165) is 18.6 Å². The van der Waals surface area contributed by atoms with Gasteiger partial charge in [0.05, 0.1) is 10.6 Å². The van der Waals surface area contributed by atoms with Crippen molar-refractivity contribution in [1.29, 1.82) is 0 Å². The van der Waals surface area contributed by atoms with Crippen LogP contribution in [-0.2, 0) is 0 Å². The van der Waals surface area contributed by atoms with Crippen LogP contribution in [0.5, 0.6) is 0 Å². The first-order valence-corrected chi connectivity index (χ1v) is 6.38. The molecule has 0 N–H and O–H groups in total. The second-order valence-electron chi connectivity index (χ2n) is 4.44. The van der Waals surface area contributed by atoms with Crippen molar-refractivity contribution in [3.05, 3.63) is 40.7 Å². The van der Waals surface area contributed by atoms with Crippen molar-refractivity contribution in [2.75, 3.05) is 0 Å². The summed E-state index contributed by atoms with van der Waals surface area (Å²) in [5.74, 6) is -1.25. The number of alkyl halides is 3. The van der Waals surface area contributed by atoms with Crippen LogP contribution in [0.4, 0.5) is 17.6 Å². The van der Waals surface area contributed by atoms with Gasteiger partial charge in [0.15, 0.2) is 0 Å². The molecule has 1 atom stereocenters. The SMILES string of the molecule is CCCC(C)/C=C(/c1c(F)cccc1Cl)C(F)(F)F. The Morgan fingerprint density at radius 3 is 2.47 bits per heavy atom. The highest BCUT2D eigenvalue weighted by Gasteiger charge is 2.37. The van der Waals surface area contributed by atoms with Crippen molar-refractivity contribution in [1.82, 2.24) is 0 Å². The van der Waals surface area contributed by atoms with Gasteiger partial charge in [-0.15, -0.1) is 0 Å². The minimum absolute atomic E-state index is 0.229. The van der Waals surface area contributed by atoms with Gasteiger partial charge in [0, 0.05) is 5.56 Å². The number of hydrogen-bond acceptors (Lipinski definition) is 0. The lowest BCUT2D eigenvalue weighted by Crippen LogP contribution is -2.14. The van der Waals surface area contributed by atoms with Crippen LogP contribution in [0, 0.1) is 11.7 Å². The summed E-state index contributed by atoms with van der Waals surface area (Å²) >= 11 is 5.71. The van der Waals surface area contributed by atoms with Gasteiger partial charge in [-0.1, -0.05) is 44.0 Å². The maximum absolute atomic E-state index is 13.6. The van der Waals surface area contributed by atoms with E-state index < -0.39 is 23.1 Å². The van der Waals surface area contributed by atoms with Crippen molar-refractivity contribution in [3.8, 4) is 0 Å². The summed E-state index contributed by atoms with van der Waals surface area (Å²) in [6.45, 7) is 3.55. The molecule has 0 fully saturated rings. The van der Waals surface area contributed by atoms with E-state index in [1.165, 1.54) is 12.1 Å². The Kier molecular flexibility index (Phi) is 5.41. The highest BCUT2D eigenvalue weighted by Crippen LogP contribution is 2.39. The van der Waals surface area contributed by atoms with Crippen LogP contribution >= 0.6 is 11.6 Å². The van der Waals surface area contributed by atoms with Gasteiger partial charge >= 0.3 is 6.18 Å². The van der Waals surface area contributed by atoms with Crippen LogP contribution in [0.3, 0.4) is 0 Å². The van der Waals surface area contributed by atoms with Crippen molar-refractivity contribution in [2.45, 2.75) is 32.9 Å². The molecule has 0 spiro atoms. The molecule has 106 valence electrons. The van der Waals surface area contributed by atoms with Gasteiger partial charge in [0.1, 0.15) is 5.82 Å². The fraction of sp³-hybridized carbons (Fsp3) is 0.429. The van der Waals surface area contributed by atoms with Crippen LogP contribution < -0.4 is 0 Å². The molecule has 0 nitrogen and oxygen atoms in total. The minimum Gasteiger partial charge on any atom is -0.206 e. The Morgan fingerprint density at radius 1 is 1.37 bits per heavy atom. The van der Waals surface area contributed by atoms with E-state index in [4.69, 9.17) is 11.6 Å². The van der Waals surface area contributed by atoms with Crippen LogP contribution in [-0.4, -0.2) is 6.18 Å². The summed E-state index contributed by atoms with van der Waals surface area (Å²) in [7, 11) is 0. The lowest BCUT2D eigenvalue weighted by Gasteiger charge is -2.16. The van der Waals surface area contributed by atoms with Gasteiger partial charge in [0.2, 0.25) is 0 Å². The smallest absolute Gasteiger partial charge is 0.206 e. The largest absolute Gasteiger partial charge is 0.416 e. The summed E-state index contributed by atoms with van der Waals surface area (Å²) in [5.41, 5.74) is -1.57. The Balaban J connectivity index is 3.34. The number of benzene rings is 1. The third-order valence-electron chi connectivity index (χ3n) is 2.73. The summed E-state index contributed by atoms with van der Waals surface area (Å²) < 4.78 is 52.9. The molecule has 0 saturated carbocycles. The monoisotopic (exact) mass is 294 g/mol. The second-order valence-corrected chi connectivity index (χ2v) is 4.85. The first-order chi connectivity index (χ1) is 8.77. The number of hydrogen-bond donors (Lipinski definition) is 0. The van der Waals surface area contributed by atoms with Gasteiger partial charge in [-0.2, -0.15) is 13.2 Å². The highest BCUT2D eigenvalue weighted by molar-refractivity contribution is 6.32. The topological polar surface area (TPSA) is 0 Å². The molecule has 1 aromatic rings. The van der Waals surface area contributed by atoms with E-state index in [1.807, 2.05) is 6.92 Å². The normalized spacial score (nSPS) is 14.6. The molecule has 0 saturated heterocycles. The van der Waals surface area contributed by atoms with E-state index in [2.05, 4.69) is 0 Å². The quantitative estimate of drug-likeness (QED) is 0.610. The van der Waals surface area contributed by atoms with Crippen molar-refractivity contribution < 1.29 is 17.6 Å². The summed E-state index contributed by atoms with van der Waals surface area (Å²) in [5, 5.41) is -0.229. The van der Waals surface area contributed by atoms with Crippen molar-refractivity contribution in [3.63, 3.8) is 0 Å². The number of rotatable bonds is 4. The standard InChI is InChI=1S/C14H15ClF4/c1-3-5-9(2)8-10(14(17,18)19)13-11(15)6-4-7-12(13)16/h4,6-9H,3,5H2,1-2H3/b10-8-. The van der Waals surface area contributed by atoms with Gasteiger partial charge < -0.3 is 0 Å². The van der Waals surface area contributed by atoms with Gasteiger partial charge in [-0.3, -0.25) is 0 Å². The molecule has 0 aromatic heterocycles. The van der Waals surface area contributed by atoms with E-state index in [0.29, 0.717) is 6.42 Å². The molecule has 0 aliphatic heterocycles. The van der Waals surface area contributed by atoms with Crippen LogP contribution in [0.2, 0.25) is 5.02 Å². The highest BCUT2D eigenvalue weighted by atomic mass is 35.5. The maximum Gasteiger partial charge on any atom is 0.416 e. The third kappa shape index (κ3) is 4.23. The Hall–Kier alpha value is -1.03. The summed E-state index contributed by atoms with van der Waals surface area (Å²) in [6.07, 6.45) is -2.22. The molecule has 0 heterocycles. The van der Waals surface area contributed by atoms with Gasteiger partial charge in [-0.25, -0.2) is 4.39 Å². The predicted molar refractivity (Wildman–Crippen MR) is 69.5 cm³/mol. The lowest BCUT2D eigenvalue weighted by molar-refractivity contribution is -0.0694. The fourth-order valence-corrected chi connectivity index (χ4v) is 2.16. The molecule has 0 aliphatic carbocycles. The van der Waals surface area contributed by atoms with Crippen molar-refractivity contribution >= 4 is 17.2 Å². The molecule has 1 rings (SSSR count). The number of allylic oxidation sites excluding steroid dienone is 2. The Bertz CT molecular complexity index is 443. The average Bonchev–Trinajstić information content (AvgIpc) is 2.26. The average molecular weight is 295 g/mol. The van der Waals surface area contributed by atoms with E-state index in [9.17, 15) is 17.6 Å². The molecule has 0 radical (unpaired) electrons. The van der Waals surface area contributed by atoms with Crippen LogP contribution in [0.1, 0.15) is 32.3 Å². The molecule has 0 amide bonds. The first-order valence-electron chi connectivity index (χ1n) is 6.00. The molecule has 1 unspecified atom stereocenters. The molecule has 0 aliphatic rings. The molecule has 1 aromatic carbocycles. The first kappa shape index (κ1) is 16.0. The van der Waals surface area contributed by atoms with Crippen LogP contribution in [0.15, 0.2) is 24.3 Å². The molecular formula is C14H15ClF4. The lowest BCUT2D eigenvalue weighted by atomic mass is 9.97. The minimum atomic E-state index is -4.63. The Morgan fingerprint density at radius 2 is 2.00 bits per heavy atom. The van der Waals surface area contributed by atoms with Gasteiger partial charge in [0.25, 0.3) is 0 Å². The van der Waals surface area contributed by atoms with E-state index in [1.54, 1.807) is 6.92 Å². The maximum atomic E-state index is 13.6. The summed E-state index contributed by atoms with van der Waals surface area (Å²) in [4.78, 5) is 0. The zero-order valence-electron chi connectivity index (χ0n) is 10.7. The second kappa shape index (κ2) is 6.42. The molecular weight excluding hydrogens is 280 g/mol. The zero-order chi connectivity index (χ0) is 14.6. The van der Waals surface area contributed by atoms with E-state index >= 15 is 0 Å². The van der Waals surface area contributed by atoms with E-state index in [-0.39, 0.29) is 10.9 Å². The molecule has 5 heteroatoms. The summed E-state index contributed by atoms with van der Waals surface area (Å²) in [6, 6.07) is 3.51. The number of halogens is 5. The fourth-order valence-electron chi connectivity index (χ4n) is 1.90. The predicted octanol–water partition coefficient (Wildman–Crippen LogP) is 5.86. The Labute approximate surface area is 115 Å². The molecule has 19 heavy (non-hydrogen) atoms. The van der Waals surface area contributed by atoms with Crippen molar-refractivity contribution in [2.24, 2.45) is 5.92 Å². The third-order valence-corrected chi connectivity index (χ3v) is 3.05. The molecule has 0 bridgehead atoms. The van der Waals surface area contributed by atoms with Crippen LogP contribution in [0.25, 0.3) is 5.57 Å².